The van der Waals surface area contributed by atoms with Crippen molar-refractivity contribution < 1.29 is 0 Å². The second-order valence-electron chi connectivity index (χ2n) is 3.58. The molecule has 0 spiro atoms. The van der Waals surface area contributed by atoms with Crippen LogP contribution in [-0.2, 0) is 0 Å². The van der Waals surface area contributed by atoms with E-state index in [0.29, 0.717) is 0 Å². The van der Waals surface area contributed by atoms with Crippen molar-refractivity contribution in [3.8, 4) is 0 Å². The van der Waals surface area contributed by atoms with Crippen LogP contribution in [0.2, 0.25) is 0 Å². The first-order valence-corrected chi connectivity index (χ1v) is 5.60. The van der Waals surface area contributed by atoms with Gasteiger partial charge in [-0.05, 0) is 34.7 Å². The van der Waals surface area contributed by atoms with E-state index in [1.54, 1.807) is 0 Å². The van der Waals surface area contributed by atoms with Gasteiger partial charge < -0.3 is 0 Å². The number of benzene rings is 2. The lowest BCUT2D eigenvalue weighted by molar-refractivity contribution is 1.55. The van der Waals surface area contributed by atoms with E-state index < -0.39 is 0 Å². The highest BCUT2D eigenvalue weighted by Crippen LogP contribution is 2.31. The van der Waals surface area contributed by atoms with E-state index in [-0.39, 0.29) is 0 Å². The summed E-state index contributed by atoms with van der Waals surface area (Å²) in [5.41, 5.74) is 1.37. The summed E-state index contributed by atoms with van der Waals surface area (Å²) in [5.74, 6) is 0. The minimum Gasteiger partial charge on any atom is -0.143 e. The highest BCUT2D eigenvalue weighted by Gasteiger charge is 2.02. The Labute approximate surface area is 86.8 Å². The van der Waals surface area contributed by atoms with Crippen molar-refractivity contribution in [3.63, 3.8) is 0 Å². The first-order chi connectivity index (χ1) is 6.86. The molecule has 14 heavy (non-hydrogen) atoms. The Morgan fingerprint density at radius 2 is 1.79 bits per heavy atom. The molecule has 0 aliphatic rings. The zero-order valence-electron chi connectivity index (χ0n) is 7.95. The molecule has 0 nitrogen and oxygen atoms in total. The summed E-state index contributed by atoms with van der Waals surface area (Å²) in [6, 6.07) is 13.1. The molecule has 0 amide bonds. The molecule has 68 valence electrons. The molecule has 0 saturated heterocycles. The third-order valence-corrected chi connectivity index (χ3v) is 3.62. The van der Waals surface area contributed by atoms with Crippen LogP contribution in [0.5, 0.6) is 0 Å². The Kier molecular flexibility index (Phi) is 1.62. The maximum absolute atomic E-state index is 2.21. The van der Waals surface area contributed by atoms with Crippen molar-refractivity contribution in [1.29, 1.82) is 0 Å². The molecule has 0 bridgehead atoms. The van der Waals surface area contributed by atoms with E-state index in [9.17, 15) is 0 Å². The van der Waals surface area contributed by atoms with Gasteiger partial charge in [-0.15, -0.1) is 11.3 Å². The summed E-state index contributed by atoms with van der Waals surface area (Å²) in [6.07, 6.45) is 0. The molecular weight excluding hydrogens is 188 g/mol. The largest absolute Gasteiger partial charge is 0.143 e. The third kappa shape index (κ3) is 0.992. The highest BCUT2D eigenvalue weighted by atomic mass is 32.1. The van der Waals surface area contributed by atoms with E-state index in [2.05, 4.69) is 48.7 Å². The van der Waals surface area contributed by atoms with Crippen LogP contribution < -0.4 is 0 Å². The van der Waals surface area contributed by atoms with Gasteiger partial charge in [-0.2, -0.15) is 0 Å². The van der Waals surface area contributed by atoms with Gasteiger partial charge in [0.2, 0.25) is 0 Å². The minimum atomic E-state index is 1.35. The average molecular weight is 198 g/mol. The molecule has 3 aromatic rings. The van der Waals surface area contributed by atoms with Crippen LogP contribution >= 0.6 is 11.3 Å². The topological polar surface area (TPSA) is 0 Å². The Morgan fingerprint density at radius 1 is 0.929 bits per heavy atom. The van der Waals surface area contributed by atoms with E-state index in [1.807, 2.05) is 11.3 Å². The van der Waals surface area contributed by atoms with Gasteiger partial charge in [0.1, 0.15) is 0 Å². The van der Waals surface area contributed by atoms with Crippen molar-refractivity contribution in [2.24, 2.45) is 0 Å². The lowest BCUT2D eigenvalue weighted by Gasteiger charge is -2.02. The molecule has 0 aliphatic carbocycles. The molecule has 2 aromatic carbocycles. The zero-order chi connectivity index (χ0) is 9.54. The van der Waals surface area contributed by atoms with Gasteiger partial charge in [0, 0.05) is 10.1 Å². The van der Waals surface area contributed by atoms with Crippen molar-refractivity contribution in [1.82, 2.24) is 0 Å². The maximum atomic E-state index is 2.21. The number of aryl methyl sites for hydroxylation is 1. The molecule has 1 aromatic heterocycles. The van der Waals surface area contributed by atoms with Gasteiger partial charge in [0.15, 0.2) is 0 Å². The summed E-state index contributed by atoms with van der Waals surface area (Å²) >= 11 is 1.83. The quantitative estimate of drug-likeness (QED) is 0.503. The Morgan fingerprint density at radius 3 is 2.71 bits per heavy atom. The van der Waals surface area contributed by atoms with Gasteiger partial charge in [-0.1, -0.05) is 30.3 Å². The number of thiophene rings is 1. The standard InChI is InChI=1S/C13H10S/c1-9-3-2-4-10-5-6-11-7-8-14-13(11)12(9)10/h2-8H,1H3. The summed E-state index contributed by atoms with van der Waals surface area (Å²) in [4.78, 5) is 0. The first-order valence-electron chi connectivity index (χ1n) is 4.72. The molecule has 0 aliphatic heterocycles. The number of hydrogen-bond donors (Lipinski definition) is 0. The third-order valence-electron chi connectivity index (χ3n) is 2.67. The molecule has 0 fully saturated rings. The molecule has 0 N–H and O–H groups in total. The van der Waals surface area contributed by atoms with Crippen LogP contribution in [0.3, 0.4) is 0 Å². The van der Waals surface area contributed by atoms with Crippen LogP contribution in [0.1, 0.15) is 5.56 Å². The predicted octanol–water partition coefficient (Wildman–Crippen LogP) is 4.36. The Balaban J connectivity index is 2.67. The van der Waals surface area contributed by atoms with Gasteiger partial charge in [0.05, 0.1) is 0 Å². The van der Waals surface area contributed by atoms with Crippen molar-refractivity contribution in [2.45, 2.75) is 6.92 Å². The number of hydrogen-bond acceptors (Lipinski definition) is 1. The van der Waals surface area contributed by atoms with Crippen LogP contribution in [0.25, 0.3) is 20.9 Å². The fraction of sp³-hybridized carbons (Fsp3) is 0.0769. The van der Waals surface area contributed by atoms with Crippen molar-refractivity contribution in [3.05, 3.63) is 47.3 Å². The Bertz CT molecular complexity index is 605. The smallest absolute Gasteiger partial charge is 0.0423 e. The lowest BCUT2D eigenvalue weighted by atomic mass is 10.0. The van der Waals surface area contributed by atoms with E-state index in [0.717, 1.165) is 0 Å². The van der Waals surface area contributed by atoms with Gasteiger partial charge in [0.25, 0.3) is 0 Å². The van der Waals surface area contributed by atoms with Crippen molar-refractivity contribution in [2.75, 3.05) is 0 Å². The summed E-state index contributed by atoms with van der Waals surface area (Å²) in [5, 5.41) is 6.29. The zero-order valence-corrected chi connectivity index (χ0v) is 8.77. The number of rotatable bonds is 0. The van der Waals surface area contributed by atoms with Gasteiger partial charge in [-0.25, -0.2) is 0 Å². The monoisotopic (exact) mass is 198 g/mol. The van der Waals surface area contributed by atoms with Crippen molar-refractivity contribution >= 4 is 32.2 Å². The van der Waals surface area contributed by atoms with E-state index >= 15 is 0 Å². The molecule has 0 radical (unpaired) electrons. The van der Waals surface area contributed by atoms with Gasteiger partial charge >= 0.3 is 0 Å². The summed E-state index contributed by atoms with van der Waals surface area (Å²) in [7, 11) is 0. The molecular formula is C13H10S. The second-order valence-corrected chi connectivity index (χ2v) is 4.49. The number of fused-ring (bicyclic) bond motifs is 3. The van der Waals surface area contributed by atoms with Gasteiger partial charge in [-0.3, -0.25) is 0 Å². The molecule has 1 heteroatoms. The van der Waals surface area contributed by atoms with Crippen LogP contribution in [-0.4, -0.2) is 0 Å². The lowest BCUT2D eigenvalue weighted by Crippen LogP contribution is -1.77. The van der Waals surface area contributed by atoms with Crippen LogP contribution in [0, 0.1) is 6.92 Å². The second kappa shape index (κ2) is 2.82. The van der Waals surface area contributed by atoms with E-state index in [4.69, 9.17) is 0 Å². The van der Waals surface area contributed by atoms with Crippen LogP contribution in [0.4, 0.5) is 0 Å². The molecule has 0 saturated carbocycles. The molecule has 0 unspecified atom stereocenters. The maximum Gasteiger partial charge on any atom is 0.0423 e. The average Bonchev–Trinajstić information content (AvgIpc) is 2.65. The normalized spacial score (nSPS) is 11.2. The predicted molar refractivity (Wildman–Crippen MR) is 64.1 cm³/mol. The SMILES string of the molecule is Cc1cccc2ccc3ccsc3c12. The van der Waals surface area contributed by atoms with E-state index in [1.165, 1.54) is 26.4 Å². The van der Waals surface area contributed by atoms with Crippen LogP contribution in [0.15, 0.2) is 41.8 Å². The molecule has 1 heterocycles. The highest BCUT2D eigenvalue weighted by molar-refractivity contribution is 7.18. The fourth-order valence-electron chi connectivity index (χ4n) is 1.97. The minimum absolute atomic E-state index is 1.35. The Hall–Kier alpha value is -1.34. The fourth-order valence-corrected chi connectivity index (χ4v) is 2.99. The summed E-state index contributed by atoms with van der Waals surface area (Å²) in [6.45, 7) is 2.18. The first kappa shape index (κ1) is 8.01. The molecule has 0 atom stereocenters. The summed E-state index contributed by atoms with van der Waals surface area (Å²) < 4.78 is 1.42. The molecule has 3 rings (SSSR count).